The van der Waals surface area contributed by atoms with Crippen molar-refractivity contribution in [2.24, 2.45) is 0 Å². The highest BCUT2D eigenvalue weighted by Crippen LogP contribution is 2.26. The summed E-state index contributed by atoms with van der Waals surface area (Å²) in [5, 5.41) is 5.99. The summed E-state index contributed by atoms with van der Waals surface area (Å²) in [4.78, 5) is 24.1. The van der Waals surface area contributed by atoms with Crippen molar-refractivity contribution >= 4 is 27.7 Å². The maximum atomic E-state index is 12.9. The second kappa shape index (κ2) is 8.75. The maximum Gasteiger partial charge on any atom is 0.324 e. The zero-order valence-electron chi connectivity index (χ0n) is 17.2. The molecule has 1 aromatic carbocycles. The number of nitrogens with one attached hydrogen (secondary N) is 2. The van der Waals surface area contributed by atoms with E-state index in [-0.39, 0.29) is 10.7 Å². The summed E-state index contributed by atoms with van der Waals surface area (Å²) in [6.45, 7) is 9.52. The molecule has 0 fully saturated rings. The SMILES string of the molecule is Cc1cc(NC(=O)COC(=O)[C@H](C)NS(=O)(=O)c2c(C)c(C)cc(C)c2C)no1. The van der Waals surface area contributed by atoms with Gasteiger partial charge in [-0.25, -0.2) is 8.42 Å². The predicted octanol–water partition coefficient (Wildman–Crippen LogP) is 2.07. The topological polar surface area (TPSA) is 128 Å². The largest absolute Gasteiger partial charge is 0.454 e. The number of anilines is 1. The number of benzene rings is 1. The van der Waals surface area contributed by atoms with Gasteiger partial charge in [-0.1, -0.05) is 11.2 Å². The van der Waals surface area contributed by atoms with E-state index in [9.17, 15) is 18.0 Å². The van der Waals surface area contributed by atoms with Gasteiger partial charge in [0.1, 0.15) is 11.8 Å². The average Bonchev–Trinajstić information content (AvgIpc) is 3.02. The number of rotatable bonds is 7. The van der Waals surface area contributed by atoms with Gasteiger partial charge in [-0.05, 0) is 63.8 Å². The van der Waals surface area contributed by atoms with Crippen LogP contribution in [-0.2, 0) is 24.3 Å². The van der Waals surface area contributed by atoms with E-state index in [2.05, 4.69) is 15.2 Å². The van der Waals surface area contributed by atoms with Gasteiger partial charge in [-0.15, -0.1) is 0 Å². The van der Waals surface area contributed by atoms with Crippen molar-refractivity contribution in [3.63, 3.8) is 0 Å². The minimum Gasteiger partial charge on any atom is -0.454 e. The Balaban J connectivity index is 2.02. The van der Waals surface area contributed by atoms with Gasteiger partial charge in [-0.3, -0.25) is 9.59 Å². The van der Waals surface area contributed by atoms with E-state index in [1.54, 1.807) is 20.8 Å². The first-order valence-corrected chi connectivity index (χ1v) is 10.4. The quantitative estimate of drug-likeness (QED) is 0.653. The summed E-state index contributed by atoms with van der Waals surface area (Å²) >= 11 is 0. The molecule has 1 heterocycles. The summed E-state index contributed by atoms with van der Waals surface area (Å²) < 4.78 is 37.8. The van der Waals surface area contributed by atoms with Gasteiger partial charge in [0.25, 0.3) is 5.91 Å². The molecule has 0 bridgehead atoms. The second-order valence-corrected chi connectivity index (χ2v) is 8.56. The zero-order valence-corrected chi connectivity index (χ0v) is 18.1. The average molecular weight is 423 g/mol. The molecule has 0 aliphatic carbocycles. The van der Waals surface area contributed by atoms with Crippen molar-refractivity contribution in [2.75, 3.05) is 11.9 Å². The molecule has 2 aromatic rings. The molecule has 9 nitrogen and oxygen atoms in total. The lowest BCUT2D eigenvalue weighted by molar-refractivity contribution is -0.148. The smallest absolute Gasteiger partial charge is 0.324 e. The van der Waals surface area contributed by atoms with Gasteiger partial charge in [0, 0.05) is 6.07 Å². The molecule has 0 saturated heterocycles. The minimum atomic E-state index is -3.97. The molecule has 1 atom stereocenters. The number of sulfonamides is 1. The van der Waals surface area contributed by atoms with Crippen LogP contribution < -0.4 is 10.0 Å². The standard InChI is InChI=1S/C19H25N3O6S/c1-10-7-11(2)14(5)18(13(10)4)29(25,26)22-15(6)19(24)27-9-17(23)20-16-8-12(3)28-21-16/h7-8,15,22H,9H2,1-6H3,(H,20,21,23)/t15-/m0/s1. The highest BCUT2D eigenvalue weighted by molar-refractivity contribution is 7.89. The number of nitrogens with zero attached hydrogens (tertiary/aromatic N) is 1. The van der Waals surface area contributed by atoms with Crippen LogP contribution in [0.3, 0.4) is 0 Å². The number of esters is 1. The molecule has 1 amide bonds. The Bertz CT molecular complexity index is 1020. The maximum absolute atomic E-state index is 12.9. The van der Waals surface area contributed by atoms with E-state index in [1.807, 2.05) is 19.9 Å². The number of ether oxygens (including phenoxy) is 1. The van der Waals surface area contributed by atoms with Crippen molar-refractivity contribution in [2.45, 2.75) is 52.5 Å². The van der Waals surface area contributed by atoms with Crippen LogP contribution in [0.2, 0.25) is 0 Å². The molecule has 1 aromatic heterocycles. The summed E-state index contributed by atoms with van der Waals surface area (Å²) in [5.41, 5.74) is 2.90. The van der Waals surface area contributed by atoms with Crippen molar-refractivity contribution in [1.82, 2.24) is 9.88 Å². The number of amides is 1. The Labute approximate surface area is 169 Å². The van der Waals surface area contributed by atoms with E-state index >= 15 is 0 Å². The number of carbonyl (C=O) groups is 2. The zero-order chi connectivity index (χ0) is 21.9. The Morgan fingerprint density at radius 3 is 2.21 bits per heavy atom. The third-order valence-corrected chi connectivity index (χ3v) is 6.31. The first kappa shape index (κ1) is 22.6. The molecule has 0 radical (unpaired) electrons. The minimum absolute atomic E-state index is 0.147. The number of hydrogen-bond donors (Lipinski definition) is 2. The Morgan fingerprint density at radius 1 is 1.10 bits per heavy atom. The van der Waals surface area contributed by atoms with E-state index in [0.29, 0.717) is 16.9 Å². The molecule has 29 heavy (non-hydrogen) atoms. The van der Waals surface area contributed by atoms with Gasteiger partial charge in [0.2, 0.25) is 10.0 Å². The first-order chi connectivity index (χ1) is 13.4. The number of carbonyl (C=O) groups excluding carboxylic acids is 2. The molecule has 0 saturated carbocycles. The lowest BCUT2D eigenvalue weighted by Gasteiger charge is -2.18. The van der Waals surface area contributed by atoms with E-state index < -0.39 is 34.5 Å². The van der Waals surface area contributed by atoms with Gasteiger partial charge in [-0.2, -0.15) is 4.72 Å². The molecular weight excluding hydrogens is 398 g/mol. The molecular formula is C19H25N3O6S. The monoisotopic (exact) mass is 423 g/mol. The molecule has 10 heteroatoms. The highest BCUT2D eigenvalue weighted by Gasteiger charge is 2.27. The van der Waals surface area contributed by atoms with Crippen LogP contribution in [0.25, 0.3) is 0 Å². The molecule has 0 aliphatic heterocycles. The number of hydrogen-bond acceptors (Lipinski definition) is 7. The highest BCUT2D eigenvalue weighted by atomic mass is 32.2. The Morgan fingerprint density at radius 2 is 1.69 bits per heavy atom. The van der Waals surface area contributed by atoms with Crippen LogP contribution >= 0.6 is 0 Å². The summed E-state index contributed by atoms with van der Waals surface area (Å²) in [6.07, 6.45) is 0. The van der Waals surface area contributed by atoms with Crippen LogP contribution in [0.5, 0.6) is 0 Å². The molecule has 0 spiro atoms. The number of aromatic nitrogens is 1. The Kier molecular flexibility index (Phi) is 6.81. The van der Waals surface area contributed by atoms with Crippen LogP contribution in [0.15, 0.2) is 21.6 Å². The fraction of sp³-hybridized carbons (Fsp3) is 0.421. The van der Waals surface area contributed by atoms with Crippen molar-refractivity contribution < 1.29 is 27.3 Å². The third kappa shape index (κ3) is 5.42. The normalized spacial score (nSPS) is 12.5. The van der Waals surface area contributed by atoms with Gasteiger partial charge < -0.3 is 14.6 Å². The summed E-state index contributed by atoms with van der Waals surface area (Å²) in [7, 11) is -3.97. The molecule has 0 aliphatic rings. The lowest BCUT2D eigenvalue weighted by Crippen LogP contribution is -2.41. The van der Waals surface area contributed by atoms with Crippen LogP contribution in [0.4, 0.5) is 5.82 Å². The summed E-state index contributed by atoms with van der Waals surface area (Å²) in [5.74, 6) is -0.794. The predicted molar refractivity (Wildman–Crippen MR) is 106 cm³/mol. The van der Waals surface area contributed by atoms with Gasteiger partial charge in [0.05, 0.1) is 4.90 Å². The van der Waals surface area contributed by atoms with Crippen molar-refractivity contribution in [1.29, 1.82) is 0 Å². The van der Waals surface area contributed by atoms with Gasteiger partial charge >= 0.3 is 5.97 Å². The third-order valence-electron chi connectivity index (χ3n) is 4.49. The molecule has 2 N–H and O–H groups in total. The fourth-order valence-corrected chi connectivity index (χ4v) is 4.60. The first-order valence-electron chi connectivity index (χ1n) is 8.92. The second-order valence-electron chi connectivity index (χ2n) is 6.91. The van der Waals surface area contributed by atoms with E-state index in [1.165, 1.54) is 13.0 Å². The van der Waals surface area contributed by atoms with Crippen LogP contribution in [0.1, 0.15) is 34.9 Å². The van der Waals surface area contributed by atoms with Gasteiger partial charge in [0.15, 0.2) is 12.4 Å². The van der Waals surface area contributed by atoms with Crippen molar-refractivity contribution in [3.8, 4) is 0 Å². The fourth-order valence-electron chi connectivity index (χ4n) is 2.79. The van der Waals surface area contributed by atoms with Crippen LogP contribution in [0, 0.1) is 34.6 Å². The molecule has 0 unspecified atom stereocenters. The summed E-state index contributed by atoms with van der Waals surface area (Å²) in [6, 6.07) is 2.24. The van der Waals surface area contributed by atoms with E-state index in [4.69, 9.17) is 9.26 Å². The van der Waals surface area contributed by atoms with E-state index in [0.717, 1.165) is 11.1 Å². The van der Waals surface area contributed by atoms with Crippen LogP contribution in [-0.4, -0.2) is 38.1 Å². The van der Waals surface area contributed by atoms with Crippen molar-refractivity contribution in [3.05, 3.63) is 40.1 Å². The molecule has 158 valence electrons. The number of aryl methyl sites for hydroxylation is 3. The Hall–Kier alpha value is -2.72. The lowest BCUT2D eigenvalue weighted by atomic mass is 10.0. The molecule has 2 rings (SSSR count).